The number of hydrogen-bond donors (Lipinski definition) is 1. The monoisotopic (exact) mass is 196 g/mol. The Hall–Kier alpha value is -0.900. The first kappa shape index (κ1) is 11.2. The minimum Gasteiger partial charge on any atom is -0.317 e. The SMILES string of the molecule is CNC(C)CCCn1nc(C)nc1C. The van der Waals surface area contributed by atoms with E-state index in [1.807, 2.05) is 25.6 Å². The molecule has 0 spiro atoms. The topological polar surface area (TPSA) is 42.7 Å². The smallest absolute Gasteiger partial charge is 0.147 e. The van der Waals surface area contributed by atoms with E-state index in [0.29, 0.717) is 6.04 Å². The number of rotatable bonds is 5. The number of aryl methyl sites for hydroxylation is 3. The molecule has 0 amide bonds. The van der Waals surface area contributed by atoms with Crippen LogP contribution in [0.5, 0.6) is 0 Å². The summed E-state index contributed by atoms with van der Waals surface area (Å²) in [6.07, 6.45) is 2.32. The van der Waals surface area contributed by atoms with Crippen molar-refractivity contribution in [3.05, 3.63) is 11.6 Å². The summed E-state index contributed by atoms with van der Waals surface area (Å²) in [4.78, 5) is 4.27. The highest BCUT2D eigenvalue weighted by Crippen LogP contribution is 2.01. The maximum atomic E-state index is 4.32. The van der Waals surface area contributed by atoms with Crippen LogP contribution in [0.1, 0.15) is 31.4 Å². The molecular formula is C10H20N4. The first-order valence-electron chi connectivity index (χ1n) is 5.18. The van der Waals surface area contributed by atoms with E-state index in [1.165, 1.54) is 6.42 Å². The molecule has 0 saturated heterocycles. The summed E-state index contributed by atoms with van der Waals surface area (Å²) in [5.41, 5.74) is 0. The first-order chi connectivity index (χ1) is 6.63. The minimum atomic E-state index is 0.583. The fourth-order valence-corrected chi connectivity index (χ4v) is 1.46. The molecule has 0 bridgehead atoms. The number of hydrogen-bond acceptors (Lipinski definition) is 3. The lowest BCUT2D eigenvalue weighted by Gasteiger charge is -2.09. The maximum absolute atomic E-state index is 4.32. The van der Waals surface area contributed by atoms with Crippen molar-refractivity contribution in [2.75, 3.05) is 7.05 Å². The fraction of sp³-hybridized carbons (Fsp3) is 0.800. The van der Waals surface area contributed by atoms with E-state index in [1.54, 1.807) is 0 Å². The van der Waals surface area contributed by atoms with Crippen molar-refractivity contribution in [2.45, 2.75) is 46.2 Å². The van der Waals surface area contributed by atoms with Gasteiger partial charge in [-0.25, -0.2) is 4.98 Å². The van der Waals surface area contributed by atoms with Crippen LogP contribution in [0.3, 0.4) is 0 Å². The Morgan fingerprint density at radius 1 is 1.43 bits per heavy atom. The predicted molar refractivity (Wildman–Crippen MR) is 57.3 cm³/mol. The lowest BCUT2D eigenvalue weighted by atomic mass is 10.2. The van der Waals surface area contributed by atoms with Gasteiger partial charge in [-0.2, -0.15) is 5.10 Å². The summed E-state index contributed by atoms with van der Waals surface area (Å²) in [5, 5.41) is 7.54. The molecule has 0 aliphatic carbocycles. The predicted octanol–water partition coefficient (Wildman–Crippen LogP) is 1.28. The van der Waals surface area contributed by atoms with Gasteiger partial charge in [-0.3, -0.25) is 4.68 Å². The normalized spacial score (nSPS) is 13.1. The van der Waals surface area contributed by atoms with Crippen molar-refractivity contribution in [3.63, 3.8) is 0 Å². The molecule has 0 fully saturated rings. The summed E-state index contributed by atoms with van der Waals surface area (Å²) < 4.78 is 1.98. The highest BCUT2D eigenvalue weighted by atomic mass is 15.3. The molecule has 80 valence electrons. The van der Waals surface area contributed by atoms with E-state index in [2.05, 4.69) is 22.3 Å². The Bertz CT molecular complexity index is 280. The van der Waals surface area contributed by atoms with Crippen LogP contribution >= 0.6 is 0 Å². The Morgan fingerprint density at radius 2 is 2.14 bits per heavy atom. The standard InChI is InChI=1S/C10H20N4/c1-8(11-4)6-5-7-14-10(3)12-9(2)13-14/h8,11H,5-7H2,1-4H3. The van der Waals surface area contributed by atoms with Crippen LogP contribution in [0, 0.1) is 13.8 Å². The maximum Gasteiger partial charge on any atom is 0.147 e. The van der Waals surface area contributed by atoms with Gasteiger partial charge in [0.2, 0.25) is 0 Å². The third-order valence-corrected chi connectivity index (χ3v) is 2.46. The summed E-state index contributed by atoms with van der Waals surface area (Å²) in [5.74, 6) is 1.88. The highest BCUT2D eigenvalue weighted by molar-refractivity contribution is 4.87. The molecule has 0 aliphatic rings. The van der Waals surface area contributed by atoms with E-state index < -0.39 is 0 Å². The van der Waals surface area contributed by atoms with Gasteiger partial charge in [0, 0.05) is 12.6 Å². The number of nitrogens with one attached hydrogen (secondary N) is 1. The van der Waals surface area contributed by atoms with Gasteiger partial charge in [0.25, 0.3) is 0 Å². The van der Waals surface area contributed by atoms with Crippen LogP contribution < -0.4 is 5.32 Å². The molecule has 0 saturated carbocycles. The summed E-state index contributed by atoms with van der Waals surface area (Å²) in [7, 11) is 2.00. The molecule has 1 rings (SSSR count). The van der Waals surface area contributed by atoms with Gasteiger partial charge in [-0.15, -0.1) is 0 Å². The Labute approximate surface area is 85.7 Å². The van der Waals surface area contributed by atoms with Crippen LogP contribution in [0.25, 0.3) is 0 Å². The average molecular weight is 196 g/mol. The van der Waals surface area contributed by atoms with Crippen molar-refractivity contribution in [2.24, 2.45) is 0 Å². The van der Waals surface area contributed by atoms with E-state index >= 15 is 0 Å². The lowest BCUT2D eigenvalue weighted by Crippen LogP contribution is -2.21. The van der Waals surface area contributed by atoms with Gasteiger partial charge >= 0.3 is 0 Å². The first-order valence-corrected chi connectivity index (χ1v) is 5.18. The second-order valence-electron chi connectivity index (χ2n) is 3.76. The molecule has 0 aromatic carbocycles. The molecule has 0 radical (unpaired) electrons. The summed E-state index contributed by atoms with van der Waals surface area (Å²) >= 11 is 0. The van der Waals surface area contributed by atoms with E-state index in [4.69, 9.17) is 0 Å². The van der Waals surface area contributed by atoms with Crippen molar-refractivity contribution in [1.29, 1.82) is 0 Å². The molecule has 4 nitrogen and oxygen atoms in total. The van der Waals surface area contributed by atoms with Crippen LogP contribution in [-0.4, -0.2) is 27.9 Å². The van der Waals surface area contributed by atoms with Gasteiger partial charge in [0.05, 0.1) is 0 Å². The third kappa shape index (κ3) is 3.10. The molecule has 1 N–H and O–H groups in total. The Morgan fingerprint density at radius 3 is 2.64 bits per heavy atom. The van der Waals surface area contributed by atoms with Gasteiger partial charge in [0.1, 0.15) is 11.6 Å². The van der Waals surface area contributed by atoms with Crippen LogP contribution in [0.15, 0.2) is 0 Å². The minimum absolute atomic E-state index is 0.583. The largest absolute Gasteiger partial charge is 0.317 e. The molecule has 1 heterocycles. The third-order valence-electron chi connectivity index (χ3n) is 2.46. The second-order valence-corrected chi connectivity index (χ2v) is 3.76. The molecule has 1 atom stereocenters. The van der Waals surface area contributed by atoms with Gasteiger partial charge in [0.15, 0.2) is 0 Å². The lowest BCUT2D eigenvalue weighted by molar-refractivity contribution is 0.481. The van der Waals surface area contributed by atoms with Crippen molar-refractivity contribution in [1.82, 2.24) is 20.1 Å². The van der Waals surface area contributed by atoms with E-state index in [0.717, 1.165) is 24.6 Å². The average Bonchev–Trinajstić information content (AvgIpc) is 2.45. The molecular weight excluding hydrogens is 176 g/mol. The van der Waals surface area contributed by atoms with Gasteiger partial charge in [-0.05, 0) is 40.7 Å². The molecule has 1 aromatic heterocycles. The van der Waals surface area contributed by atoms with Crippen LogP contribution in [0.2, 0.25) is 0 Å². The molecule has 4 heteroatoms. The number of aromatic nitrogens is 3. The van der Waals surface area contributed by atoms with E-state index in [9.17, 15) is 0 Å². The zero-order valence-corrected chi connectivity index (χ0v) is 9.54. The zero-order valence-electron chi connectivity index (χ0n) is 9.54. The Kier molecular flexibility index (Phi) is 4.07. The van der Waals surface area contributed by atoms with E-state index in [-0.39, 0.29) is 0 Å². The van der Waals surface area contributed by atoms with Crippen molar-refractivity contribution >= 4 is 0 Å². The molecule has 1 unspecified atom stereocenters. The molecule has 14 heavy (non-hydrogen) atoms. The van der Waals surface area contributed by atoms with Crippen LogP contribution in [0.4, 0.5) is 0 Å². The quantitative estimate of drug-likeness (QED) is 0.771. The fourth-order valence-electron chi connectivity index (χ4n) is 1.46. The van der Waals surface area contributed by atoms with Crippen molar-refractivity contribution < 1.29 is 0 Å². The summed E-state index contributed by atoms with van der Waals surface area (Å²) in [6.45, 7) is 7.10. The molecule has 1 aromatic rings. The molecule has 0 aliphatic heterocycles. The van der Waals surface area contributed by atoms with Crippen LogP contribution in [-0.2, 0) is 6.54 Å². The summed E-state index contributed by atoms with van der Waals surface area (Å²) in [6, 6.07) is 0.583. The highest BCUT2D eigenvalue weighted by Gasteiger charge is 2.03. The number of nitrogens with zero attached hydrogens (tertiary/aromatic N) is 3. The van der Waals surface area contributed by atoms with Gasteiger partial charge in [-0.1, -0.05) is 0 Å². The van der Waals surface area contributed by atoms with Crippen molar-refractivity contribution in [3.8, 4) is 0 Å². The Balaban J connectivity index is 2.34. The second kappa shape index (κ2) is 5.10. The zero-order chi connectivity index (χ0) is 10.6. The van der Waals surface area contributed by atoms with Gasteiger partial charge < -0.3 is 5.32 Å².